The normalized spacial score (nSPS) is 24.4. The van der Waals surface area contributed by atoms with Gasteiger partial charge in [0.15, 0.2) is 0 Å². The van der Waals surface area contributed by atoms with Gasteiger partial charge in [-0.05, 0) is 45.6 Å². The summed E-state index contributed by atoms with van der Waals surface area (Å²) < 4.78 is 5.40. The predicted octanol–water partition coefficient (Wildman–Crippen LogP) is 4.24. The first-order valence-corrected chi connectivity index (χ1v) is 10.9. The van der Waals surface area contributed by atoms with Crippen molar-refractivity contribution in [2.24, 2.45) is 11.3 Å². The maximum atomic E-state index is 13.9. The number of likely N-dealkylation sites (tertiary alicyclic amines) is 1. The summed E-state index contributed by atoms with van der Waals surface area (Å²) >= 11 is 0. The number of carbonyl (C=O) groups is 2. The van der Waals surface area contributed by atoms with E-state index in [-0.39, 0.29) is 24.7 Å². The molecule has 0 saturated carbocycles. The maximum Gasteiger partial charge on any atom is 0.329 e. The van der Waals surface area contributed by atoms with Crippen molar-refractivity contribution in [1.82, 2.24) is 9.80 Å². The number of aliphatic hydroxyl groups is 1. The molecule has 0 aliphatic carbocycles. The van der Waals surface area contributed by atoms with Gasteiger partial charge in [0.1, 0.15) is 6.04 Å². The van der Waals surface area contributed by atoms with Crippen molar-refractivity contribution >= 4 is 12.0 Å². The lowest BCUT2D eigenvalue weighted by Crippen LogP contribution is -2.55. The summed E-state index contributed by atoms with van der Waals surface area (Å²) in [5, 5.41) is 11.5. The largest absolute Gasteiger partial charge is 0.464 e. The van der Waals surface area contributed by atoms with Gasteiger partial charge in [-0.15, -0.1) is 0 Å². The molecule has 1 fully saturated rings. The Morgan fingerprint density at radius 2 is 1.63 bits per heavy atom. The molecule has 0 aromatic heterocycles. The summed E-state index contributed by atoms with van der Waals surface area (Å²) in [7, 11) is 0. The van der Waals surface area contributed by atoms with Gasteiger partial charge in [0, 0.05) is 18.0 Å². The van der Waals surface area contributed by atoms with Crippen LogP contribution in [-0.4, -0.2) is 57.7 Å². The standard InChI is InChI=1S/C24H38N2O4/c1-9-30-22(28)20-18(24(6,7)8)21(27)19(17-13-11-10-12-14-17)26(20)23(29)25(15(2)3)16(4)5/h10-16,18-21,27H,9H2,1-8H3. The van der Waals surface area contributed by atoms with Crippen molar-refractivity contribution < 1.29 is 19.4 Å². The molecule has 30 heavy (non-hydrogen) atoms. The lowest BCUT2D eigenvalue weighted by molar-refractivity contribution is -0.151. The number of urea groups is 1. The quantitative estimate of drug-likeness (QED) is 0.726. The summed E-state index contributed by atoms with van der Waals surface area (Å²) in [4.78, 5) is 30.4. The van der Waals surface area contributed by atoms with Crippen LogP contribution < -0.4 is 0 Å². The zero-order valence-corrected chi connectivity index (χ0v) is 19.6. The summed E-state index contributed by atoms with van der Waals surface area (Å²) in [5.41, 5.74) is 0.395. The van der Waals surface area contributed by atoms with E-state index in [1.54, 1.807) is 16.7 Å². The van der Waals surface area contributed by atoms with Crippen LogP contribution in [0.1, 0.15) is 67.0 Å². The number of ether oxygens (including phenoxy) is 1. The van der Waals surface area contributed by atoms with E-state index in [0.29, 0.717) is 0 Å². The van der Waals surface area contributed by atoms with Gasteiger partial charge in [0.25, 0.3) is 0 Å². The highest BCUT2D eigenvalue weighted by molar-refractivity contribution is 5.86. The predicted molar refractivity (Wildman–Crippen MR) is 118 cm³/mol. The van der Waals surface area contributed by atoms with E-state index in [9.17, 15) is 14.7 Å². The van der Waals surface area contributed by atoms with Crippen molar-refractivity contribution in [3.63, 3.8) is 0 Å². The van der Waals surface area contributed by atoms with E-state index in [1.807, 2.05) is 78.8 Å². The minimum Gasteiger partial charge on any atom is -0.464 e. The van der Waals surface area contributed by atoms with Gasteiger partial charge in [-0.1, -0.05) is 51.1 Å². The van der Waals surface area contributed by atoms with Crippen LogP contribution in [0, 0.1) is 11.3 Å². The first-order valence-electron chi connectivity index (χ1n) is 10.9. The van der Waals surface area contributed by atoms with Crippen LogP contribution in [-0.2, 0) is 9.53 Å². The number of benzene rings is 1. The van der Waals surface area contributed by atoms with Crippen LogP contribution >= 0.6 is 0 Å². The van der Waals surface area contributed by atoms with E-state index in [4.69, 9.17) is 4.74 Å². The molecule has 6 heteroatoms. The molecule has 1 heterocycles. The number of carbonyl (C=O) groups excluding carboxylic acids is 2. The molecule has 2 rings (SSSR count). The molecule has 1 N–H and O–H groups in total. The van der Waals surface area contributed by atoms with E-state index >= 15 is 0 Å². The Morgan fingerprint density at radius 1 is 1.10 bits per heavy atom. The molecule has 6 nitrogen and oxygen atoms in total. The van der Waals surface area contributed by atoms with Crippen molar-refractivity contribution in [3.05, 3.63) is 35.9 Å². The van der Waals surface area contributed by atoms with Crippen molar-refractivity contribution in [2.45, 2.75) is 85.7 Å². The van der Waals surface area contributed by atoms with E-state index in [2.05, 4.69) is 0 Å². The number of esters is 1. The lowest BCUT2D eigenvalue weighted by atomic mass is 9.74. The fourth-order valence-corrected chi connectivity index (χ4v) is 4.78. The van der Waals surface area contributed by atoms with Crippen molar-refractivity contribution in [3.8, 4) is 0 Å². The molecule has 168 valence electrons. The molecule has 4 atom stereocenters. The van der Waals surface area contributed by atoms with Crippen LogP contribution in [0.2, 0.25) is 0 Å². The maximum absolute atomic E-state index is 13.9. The summed E-state index contributed by atoms with van der Waals surface area (Å²) in [6, 6.07) is 7.62. The molecule has 0 bridgehead atoms. The monoisotopic (exact) mass is 418 g/mol. The molecule has 4 unspecified atom stereocenters. The van der Waals surface area contributed by atoms with E-state index in [0.717, 1.165) is 5.56 Å². The Balaban J connectivity index is 2.69. The Morgan fingerprint density at radius 3 is 2.07 bits per heavy atom. The Kier molecular flexibility index (Phi) is 7.56. The number of rotatable bonds is 5. The first kappa shape index (κ1) is 24.2. The minimum absolute atomic E-state index is 0.0531. The van der Waals surface area contributed by atoms with Gasteiger partial charge in [-0.25, -0.2) is 9.59 Å². The third kappa shape index (κ3) is 4.64. The van der Waals surface area contributed by atoms with Crippen LogP contribution in [0.15, 0.2) is 30.3 Å². The second kappa shape index (κ2) is 9.38. The lowest BCUT2D eigenvalue weighted by Gasteiger charge is -2.39. The Bertz CT molecular complexity index is 718. The van der Waals surface area contributed by atoms with Crippen molar-refractivity contribution in [2.75, 3.05) is 6.61 Å². The van der Waals surface area contributed by atoms with E-state index < -0.39 is 35.5 Å². The third-order valence-electron chi connectivity index (χ3n) is 5.85. The highest BCUT2D eigenvalue weighted by atomic mass is 16.5. The highest BCUT2D eigenvalue weighted by Crippen LogP contribution is 2.48. The molecule has 1 saturated heterocycles. The van der Waals surface area contributed by atoms with Gasteiger partial charge in [0.2, 0.25) is 0 Å². The molecule has 1 aliphatic rings. The second-order valence-corrected chi connectivity index (χ2v) is 9.72. The number of hydrogen-bond acceptors (Lipinski definition) is 4. The Labute approximate surface area is 181 Å². The SMILES string of the molecule is CCOC(=O)C1C(C(C)(C)C)C(O)C(c2ccccc2)N1C(=O)N(C(C)C)C(C)C. The molecular formula is C24H38N2O4. The van der Waals surface area contributed by atoms with Crippen LogP contribution in [0.25, 0.3) is 0 Å². The molecule has 1 aromatic carbocycles. The number of amides is 2. The smallest absolute Gasteiger partial charge is 0.329 e. The summed E-state index contributed by atoms with van der Waals surface area (Å²) in [5.74, 6) is -0.928. The van der Waals surface area contributed by atoms with Gasteiger partial charge in [-0.2, -0.15) is 0 Å². The second-order valence-electron chi connectivity index (χ2n) is 9.72. The topological polar surface area (TPSA) is 70.1 Å². The summed E-state index contributed by atoms with van der Waals surface area (Å²) in [6.07, 6.45) is -0.896. The van der Waals surface area contributed by atoms with Crippen LogP contribution in [0.5, 0.6) is 0 Å². The molecule has 0 radical (unpaired) electrons. The van der Waals surface area contributed by atoms with Crippen molar-refractivity contribution in [1.29, 1.82) is 0 Å². The van der Waals surface area contributed by atoms with Gasteiger partial charge in [-0.3, -0.25) is 0 Å². The summed E-state index contributed by atoms with van der Waals surface area (Å²) in [6.45, 7) is 15.8. The molecule has 1 aromatic rings. The van der Waals surface area contributed by atoms with Crippen LogP contribution in [0.3, 0.4) is 0 Å². The molecular weight excluding hydrogens is 380 g/mol. The van der Waals surface area contributed by atoms with E-state index in [1.165, 1.54) is 0 Å². The highest BCUT2D eigenvalue weighted by Gasteiger charge is 2.58. The van der Waals surface area contributed by atoms with Gasteiger partial charge in [0.05, 0.1) is 18.8 Å². The zero-order chi connectivity index (χ0) is 22.8. The van der Waals surface area contributed by atoms with Gasteiger partial charge < -0.3 is 19.6 Å². The Hall–Kier alpha value is -2.08. The molecule has 0 spiro atoms. The molecule has 1 aliphatic heterocycles. The first-order chi connectivity index (χ1) is 13.9. The van der Waals surface area contributed by atoms with Crippen LogP contribution in [0.4, 0.5) is 4.79 Å². The molecule has 2 amide bonds. The zero-order valence-electron chi connectivity index (χ0n) is 19.6. The fourth-order valence-electron chi connectivity index (χ4n) is 4.78. The minimum atomic E-state index is -0.896. The number of hydrogen-bond donors (Lipinski definition) is 1. The number of nitrogens with zero attached hydrogens (tertiary/aromatic N) is 2. The average molecular weight is 419 g/mol. The van der Waals surface area contributed by atoms with Gasteiger partial charge >= 0.3 is 12.0 Å². The third-order valence-corrected chi connectivity index (χ3v) is 5.85. The fraction of sp³-hybridized carbons (Fsp3) is 0.667. The average Bonchev–Trinajstić information content (AvgIpc) is 2.95. The number of aliphatic hydroxyl groups excluding tert-OH is 1.